The molecule has 1 aliphatic heterocycles. The lowest BCUT2D eigenvalue weighted by atomic mass is 10.1. The van der Waals surface area contributed by atoms with Gasteiger partial charge < -0.3 is 15.5 Å². The van der Waals surface area contributed by atoms with Crippen LogP contribution in [0.2, 0.25) is 0 Å². The molecular weight excluding hydrogens is 300 g/mol. The van der Waals surface area contributed by atoms with Crippen LogP contribution in [0.1, 0.15) is 43.7 Å². The lowest BCUT2D eigenvalue weighted by Crippen LogP contribution is -2.38. The van der Waals surface area contributed by atoms with E-state index in [0.717, 1.165) is 51.0 Å². The van der Waals surface area contributed by atoms with E-state index in [-0.39, 0.29) is 5.91 Å². The second-order valence-electron chi connectivity index (χ2n) is 6.71. The fourth-order valence-corrected chi connectivity index (χ4v) is 2.98. The van der Waals surface area contributed by atoms with Crippen molar-refractivity contribution in [3.05, 3.63) is 35.4 Å². The predicted octanol–water partition coefficient (Wildman–Crippen LogP) is 2.27. The Balaban J connectivity index is 1.36. The third kappa shape index (κ3) is 4.73. The predicted molar refractivity (Wildman–Crippen MR) is 96.6 cm³/mol. The van der Waals surface area contributed by atoms with Gasteiger partial charge in [0.25, 0.3) is 0 Å². The summed E-state index contributed by atoms with van der Waals surface area (Å²) in [6.45, 7) is 6.15. The molecule has 0 bridgehead atoms. The molecule has 1 aliphatic carbocycles. The fourth-order valence-electron chi connectivity index (χ4n) is 2.98. The average molecular weight is 328 g/mol. The van der Waals surface area contributed by atoms with Crippen LogP contribution in [0.25, 0.3) is 0 Å². The first-order chi connectivity index (χ1) is 11.8. The number of aliphatic imine (C=N–C) groups is 1. The van der Waals surface area contributed by atoms with Gasteiger partial charge >= 0.3 is 0 Å². The van der Waals surface area contributed by atoms with Gasteiger partial charge in [0.15, 0.2) is 5.96 Å². The van der Waals surface area contributed by atoms with Crippen LogP contribution < -0.4 is 10.6 Å². The maximum Gasteiger partial charge on any atom is 0.223 e. The van der Waals surface area contributed by atoms with Gasteiger partial charge in [0.1, 0.15) is 0 Å². The monoisotopic (exact) mass is 328 g/mol. The Bertz CT molecular complexity index is 570. The summed E-state index contributed by atoms with van der Waals surface area (Å²) in [5.41, 5.74) is 2.57. The van der Waals surface area contributed by atoms with Crippen molar-refractivity contribution >= 4 is 11.9 Å². The van der Waals surface area contributed by atoms with Crippen molar-refractivity contribution in [1.29, 1.82) is 0 Å². The Morgan fingerprint density at radius 3 is 2.54 bits per heavy atom. The van der Waals surface area contributed by atoms with E-state index in [1.807, 2.05) is 17.0 Å². The van der Waals surface area contributed by atoms with Crippen molar-refractivity contribution in [2.45, 2.75) is 45.7 Å². The Kier molecular flexibility index (Phi) is 5.72. The molecule has 1 amide bonds. The van der Waals surface area contributed by atoms with Crippen LogP contribution >= 0.6 is 0 Å². The maximum absolute atomic E-state index is 12.4. The second kappa shape index (κ2) is 8.18. The molecule has 1 aromatic rings. The first-order valence-electron chi connectivity index (χ1n) is 9.13. The van der Waals surface area contributed by atoms with Gasteiger partial charge in [-0.15, -0.1) is 0 Å². The summed E-state index contributed by atoms with van der Waals surface area (Å²) in [5, 5.41) is 6.60. The molecule has 3 rings (SSSR count). The first-order valence-corrected chi connectivity index (χ1v) is 9.13. The van der Waals surface area contributed by atoms with E-state index >= 15 is 0 Å². The lowest BCUT2D eigenvalue weighted by Gasteiger charge is -2.16. The van der Waals surface area contributed by atoms with Gasteiger partial charge in [0, 0.05) is 39.1 Å². The summed E-state index contributed by atoms with van der Waals surface area (Å²) in [4.78, 5) is 18.9. The van der Waals surface area contributed by atoms with Crippen LogP contribution in [0.5, 0.6) is 0 Å². The summed E-state index contributed by atoms with van der Waals surface area (Å²) >= 11 is 0. The van der Waals surface area contributed by atoms with Crippen LogP contribution in [-0.2, 0) is 17.9 Å². The number of nitrogens with one attached hydrogen (secondary N) is 2. The number of guanidine groups is 1. The average Bonchev–Trinajstić information content (AvgIpc) is 3.32. The number of rotatable bonds is 7. The minimum atomic E-state index is 0.243. The topological polar surface area (TPSA) is 56.7 Å². The van der Waals surface area contributed by atoms with Crippen molar-refractivity contribution in [3.8, 4) is 0 Å². The van der Waals surface area contributed by atoms with Crippen molar-refractivity contribution in [2.24, 2.45) is 10.9 Å². The minimum Gasteiger partial charge on any atom is -0.357 e. The van der Waals surface area contributed by atoms with Crippen LogP contribution in [-0.4, -0.2) is 36.4 Å². The molecule has 130 valence electrons. The second-order valence-corrected chi connectivity index (χ2v) is 6.71. The standard InChI is InChI=1S/C19H28N4O/c1-2-20-19(22-12-15-9-10-15)21-11-5-8-18(24)23-13-16-6-3-4-7-17(16)14-23/h3-4,6-7,15H,2,5,8-14H2,1H3,(H2,20,21,22). The highest BCUT2D eigenvalue weighted by molar-refractivity contribution is 5.80. The lowest BCUT2D eigenvalue weighted by molar-refractivity contribution is -0.131. The number of carbonyl (C=O) groups is 1. The molecule has 5 nitrogen and oxygen atoms in total. The molecule has 1 saturated carbocycles. The molecule has 5 heteroatoms. The Morgan fingerprint density at radius 1 is 1.21 bits per heavy atom. The van der Waals surface area contributed by atoms with Crippen molar-refractivity contribution in [1.82, 2.24) is 15.5 Å². The number of fused-ring (bicyclic) bond motifs is 1. The van der Waals surface area contributed by atoms with Gasteiger partial charge in [0.2, 0.25) is 5.91 Å². The molecule has 0 unspecified atom stereocenters. The zero-order valence-electron chi connectivity index (χ0n) is 14.6. The molecule has 0 spiro atoms. The number of amides is 1. The van der Waals surface area contributed by atoms with E-state index < -0.39 is 0 Å². The zero-order chi connectivity index (χ0) is 16.8. The van der Waals surface area contributed by atoms with Crippen LogP contribution in [0.4, 0.5) is 0 Å². The highest BCUT2D eigenvalue weighted by Crippen LogP contribution is 2.28. The third-order valence-corrected chi connectivity index (χ3v) is 4.60. The molecule has 1 aromatic carbocycles. The van der Waals surface area contributed by atoms with E-state index in [9.17, 15) is 4.79 Å². The molecule has 0 radical (unpaired) electrons. The number of carbonyl (C=O) groups excluding carboxylic acids is 1. The van der Waals surface area contributed by atoms with Crippen molar-refractivity contribution in [2.75, 3.05) is 19.6 Å². The molecule has 0 saturated heterocycles. The largest absolute Gasteiger partial charge is 0.357 e. The van der Waals surface area contributed by atoms with Gasteiger partial charge in [-0.25, -0.2) is 0 Å². The normalized spacial score (nSPS) is 16.9. The van der Waals surface area contributed by atoms with E-state index in [2.05, 4.69) is 34.7 Å². The number of hydrogen-bond acceptors (Lipinski definition) is 2. The highest BCUT2D eigenvalue weighted by atomic mass is 16.2. The SMILES string of the molecule is CCNC(=NCC1CC1)NCCCC(=O)N1Cc2ccccc2C1. The smallest absolute Gasteiger partial charge is 0.223 e. The number of nitrogens with zero attached hydrogens (tertiary/aromatic N) is 2. The van der Waals surface area contributed by atoms with Crippen molar-refractivity contribution < 1.29 is 4.79 Å². The minimum absolute atomic E-state index is 0.243. The molecule has 2 N–H and O–H groups in total. The van der Waals surface area contributed by atoms with Gasteiger partial charge in [-0.05, 0) is 43.2 Å². The Labute approximate surface area is 144 Å². The fraction of sp³-hybridized carbons (Fsp3) is 0.579. The van der Waals surface area contributed by atoms with Gasteiger partial charge in [-0.2, -0.15) is 0 Å². The van der Waals surface area contributed by atoms with E-state index in [1.165, 1.54) is 24.0 Å². The summed E-state index contributed by atoms with van der Waals surface area (Å²) < 4.78 is 0. The molecule has 1 fully saturated rings. The number of hydrogen-bond donors (Lipinski definition) is 2. The molecule has 1 heterocycles. The summed E-state index contributed by atoms with van der Waals surface area (Å²) in [6.07, 6.45) is 4.05. The summed E-state index contributed by atoms with van der Waals surface area (Å²) in [5.74, 6) is 1.91. The van der Waals surface area contributed by atoms with Crippen LogP contribution in [0, 0.1) is 5.92 Å². The quantitative estimate of drug-likeness (QED) is 0.459. The zero-order valence-corrected chi connectivity index (χ0v) is 14.6. The first kappa shape index (κ1) is 16.8. The number of benzene rings is 1. The van der Waals surface area contributed by atoms with Crippen LogP contribution in [0.3, 0.4) is 0 Å². The maximum atomic E-state index is 12.4. The summed E-state index contributed by atoms with van der Waals surface area (Å²) in [7, 11) is 0. The molecular formula is C19H28N4O. The molecule has 0 aromatic heterocycles. The van der Waals surface area contributed by atoms with E-state index in [0.29, 0.717) is 6.42 Å². The van der Waals surface area contributed by atoms with Gasteiger partial charge in [-0.1, -0.05) is 24.3 Å². The van der Waals surface area contributed by atoms with Crippen LogP contribution in [0.15, 0.2) is 29.3 Å². The molecule has 2 aliphatic rings. The Morgan fingerprint density at radius 2 is 1.92 bits per heavy atom. The molecule has 24 heavy (non-hydrogen) atoms. The highest BCUT2D eigenvalue weighted by Gasteiger charge is 2.22. The van der Waals surface area contributed by atoms with Gasteiger partial charge in [0.05, 0.1) is 0 Å². The summed E-state index contributed by atoms with van der Waals surface area (Å²) in [6, 6.07) is 8.31. The van der Waals surface area contributed by atoms with E-state index in [4.69, 9.17) is 0 Å². The van der Waals surface area contributed by atoms with E-state index in [1.54, 1.807) is 0 Å². The third-order valence-electron chi connectivity index (χ3n) is 4.60. The van der Waals surface area contributed by atoms with Crippen molar-refractivity contribution in [3.63, 3.8) is 0 Å². The van der Waals surface area contributed by atoms with Gasteiger partial charge in [-0.3, -0.25) is 9.79 Å². The Hall–Kier alpha value is -2.04. The molecule has 0 atom stereocenters.